The zero-order valence-electron chi connectivity index (χ0n) is 10.4. The summed E-state index contributed by atoms with van der Waals surface area (Å²) in [6.07, 6.45) is 2.57. The molecule has 1 aliphatic heterocycles. The van der Waals surface area contributed by atoms with Gasteiger partial charge in [0.25, 0.3) is 0 Å². The molecule has 1 atom stereocenters. The van der Waals surface area contributed by atoms with Gasteiger partial charge >= 0.3 is 0 Å². The monoisotopic (exact) mass is 231 g/mol. The van der Waals surface area contributed by atoms with Crippen molar-refractivity contribution >= 4 is 5.84 Å². The highest BCUT2D eigenvalue weighted by Crippen LogP contribution is 2.22. The average Bonchev–Trinajstić information content (AvgIpc) is 2.77. The number of benzene rings is 1. The van der Waals surface area contributed by atoms with Gasteiger partial charge in [-0.1, -0.05) is 37.6 Å². The second kappa shape index (κ2) is 5.32. The Bertz CT molecular complexity index is 400. The van der Waals surface area contributed by atoms with Crippen LogP contribution in [-0.2, 0) is 6.54 Å². The molecule has 1 saturated heterocycles. The molecule has 1 aromatic rings. The Labute approximate surface area is 103 Å². The highest BCUT2D eigenvalue weighted by molar-refractivity contribution is 5.96. The van der Waals surface area contributed by atoms with Gasteiger partial charge in [-0.25, -0.2) is 0 Å². The smallest absolute Gasteiger partial charge is 0.123 e. The summed E-state index contributed by atoms with van der Waals surface area (Å²) in [5.41, 5.74) is 7.67. The van der Waals surface area contributed by atoms with Crippen molar-refractivity contribution in [2.24, 2.45) is 11.7 Å². The Balaban J connectivity index is 2.06. The molecule has 1 fully saturated rings. The quantitative estimate of drug-likeness (QED) is 0.616. The summed E-state index contributed by atoms with van der Waals surface area (Å²) < 4.78 is 0. The standard InChI is InChI=1S/C14H21N3/c1-2-11-7-8-17(9-11)10-12-5-3-4-6-13(12)14(15)16/h3-6,11H,2,7-10H2,1H3,(H3,15,16). The van der Waals surface area contributed by atoms with Crippen molar-refractivity contribution in [1.29, 1.82) is 5.41 Å². The first-order valence-electron chi connectivity index (χ1n) is 6.35. The van der Waals surface area contributed by atoms with Crippen LogP contribution in [0.25, 0.3) is 0 Å². The summed E-state index contributed by atoms with van der Waals surface area (Å²) in [6, 6.07) is 7.98. The lowest BCUT2D eigenvalue weighted by Crippen LogP contribution is -2.23. The molecule has 1 aliphatic rings. The molecule has 0 saturated carbocycles. The van der Waals surface area contributed by atoms with E-state index in [1.54, 1.807) is 0 Å². The van der Waals surface area contributed by atoms with Gasteiger partial charge in [-0.3, -0.25) is 10.3 Å². The fourth-order valence-electron chi connectivity index (χ4n) is 2.55. The highest BCUT2D eigenvalue weighted by atomic mass is 15.1. The summed E-state index contributed by atoms with van der Waals surface area (Å²) in [7, 11) is 0. The molecular weight excluding hydrogens is 210 g/mol. The molecule has 3 nitrogen and oxygen atoms in total. The maximum Gasteiger partial charge on any atom is 0.123 e. The number of likely N-dealkylation sites (tertiary alicyclic amines) is 1. The third-order valence-corrected chi connectivity index (χ3v) is 3.65. The fraction of sp³-hybridized carbons (Fsp3) is 0.500. The molecule has 3 N–H and O–H groups in total. The first-order valence-corrected chi connectivity index (χ1v) is 6.35. The minimum absolute atomic E-state index is 0.173. The molecule has 92 valence electrons. The number of nitrogens with zero attached hydrogens (tertiary/aromatic N) is 1. The molecule has 1 heterocycles. The second-order valence-electron chi connectivity index (χ2n) is 4.87. The Morgan fingerprint density at radius 1 is 1.47 bits per heavy atom. The van der Waals surface area contributed by atoms with Gasteiger partial charge in [0, 0.05) is 18.7 Å². The van der Waals surface area contributed by atoms with Crippen LogP contribution in [0, 0.1) is 11.3 Å². The van der Waals surface area contributed by atoms with Gasteiger partial charge in [0.1, 0.15) is 5.84 Å². The van der Waals surface area contributed by atoms with Crippen molar-refractivity contribution in [1.82, 2.24) is 4.90 Å². The van der Waals surface area contributed by atoms with Gasteiger partial charge in [-0.2, -0.15) is 0 Å². The molecule has 17 heavy (non-hydrogen) atoms. The number of nitrogens with two attached hydrogens (primary N) is 1. The number of nitrogens with one attached hydrogen (secondary N) is 1. The zero-order valence-corrected chi connectivity index (χ0v) is 10.4. The van der Waals surface area contributed by atoms with Gasteiger partial charge in [0.2, 0.25) is 0 Å². The van der Waals surface area contributed by atoms with E-state index in [0.29, 0.717) is 0 Å². The van der Waals surface area contributed by atoms with Crippen LogP contribution in [0.15, 0.2) is 24.3 Å². The highest BCUT2D eigenvalue weighted by Gasteiger charge is 2.21. The van der Waals surface area contributed by atoms with Crippen molar-refractivity contribution in [3.63, 3.8) is 0 Å². The molecule has 2 rings (SSSR count). The Morgan fingerprint density at radius 2 is 2.24 bits per heavy atom. The van der Waals surface area contributed by atoms with Crippen molar-refractivity contribution in [3.05, 3.63) is 35.4 Å². The largest absolute Gasteiger partial charge is 0.384 e. The van der Waals surface area contributed by atoms with Crippen LogP contribution in [0.3, 0.4) is 0 Å². The van der Waals surface area contributed by atoms with E-state index in [9.17, 15) is 0 Å². The van der Waals surface area contributed by atoms with Crippen molar-refractivity contribution in [3.8, 4) is 0 Å². The normalized spacial score (nSPS) is 20.6. The molecule has 0 aliphatic carbocycles. The lowest BCUT2D eigenvalue weighted by atomic mass is 10.1. The third kappa shape index (κ3) is 2.86. The first-order chi connectivity index (χ1) is 8.20. The van der Waals surface area contributed by atoms with Gasteiger partial charge < -0.3 is 5.73 Å². The molecule has 0 bridgehead atoms. The summed E-state index contributed by atoms with van der Waals surface area (Å²) in [5.74, 6) is 1.02. The fourth-order valence-corrected chi connectivity index (χ4v) is 2.55. The zero-order chi connectivity index (χ0) is 12.3. The SMILES string of the molecule is CCC1CCN(Cc2ccccc2C(=N)N)C1. The van der Waals surface area contributed by atoms with E-state index in [1.807, 2.05) is 18.2 Å². The minimum atomic E-state index is 0.173. The van der Waals surface area contributed by atoms with Crippen LogP contribution in [-0.4, -0.2) is 23.8 Å². The average molecular weight is 231 g/mol. The minimum Gasteiger partial charge on any atom is -0.384 e. The molecular formula is C14H21N3. The van der Waals surface area contributed by atoms with Crippen LogP contribution < -0.4 is 5.73 Å². The number of hydrogen-bond donors (Lipinski definition) is 2. The van der Waals surface area contributed by atoms with Crippen molar-refractivity contribution in [2.45, 2.75) is 26.3 Å². The molecule has 1 unspecified atom stereocenters. The molecule has 0 spiro atoms. The van der Waals surface area contributed by atoms with Gasteiger partial charge in [-0.15, -0.1) is 0 Å². The maximum absolute atomic E-state index is 7.59. The molecule has 0 amide bonds. The van der Waals surface area contributed by atoms with E-state index in [4.69, 9.17) is 11.1 Å². The summed E-state index contributed by atoms with van der Waals surface area (Å²) in [6.45, 7) is 5.54. The number of hydrogen-bond acceptors (Lipinski definition) is 2. The number of nitrogen functional groups attached to an aromatic ring is 1. The van der Waals surface area contributed by atoms with Gasteiger partial charge in [0.05, 0.1) is 0 Å². The van der Waals surface area contributed by atoms with Crippen molar-refractivity contribution in [2.75, 3.05) is 13.1 Å². The van der Waals surface area contributed by atoms with E-state index in [-0.39, 0.29) is 5.84 Å². The summed E-state index contributed by atoms with van der Waals surface area (Å²) in [4.78, 5) is 2.47. The molecule has 0 aromatic heterocycles. The lowest BCUT2D eigenvalue weighted by Gasteiger charge is -2.17. The van der Waals surface area contributed by atoms with Crippen LogP contribution in [0.2, 0.25) is 0 Å². The Morgan fingerprint density at radius 3 is 2.88 bits per heavy atom. The predicted molar refractivity (Wildman–Crippen MR) is 71.1 cm³/mol. The van der Waals surface area contributed by atoms with E-state index < -0.39 is 0 Å². The molecule has 3 heteroatoms. The van der Waals surface area contributed by atoms with Crippen LogP contribution in [0.4, 0.5) is 0 Å². The van der Waals surface area contributed by atoms with Gasteiger partial charge in [-0.05, 0) is 24.4 Å². The predicted octanol–water partition coefficient (Wildman–Crippen LogP) is 2.20. The Hall–Kier alpha value is -1.35. The number of amidine groups is 1. The van der Waals surface area contributed by atoms with E-state index in [2.05, 4.69) is 17.9 Å². The maximum atomic E-state index is 7.59. The van der Waals surface area contributed by atoms with Crippen LogP contribution in [0.5, 0.6) is 0 Å². The lowest BCUT2D eigenvalue weighted by molar-refractivity contribution is 0.315. The van der Waals surface area contributed by atoms with Crippen LogP contribution >= 0.6 is 0 Å². The summed E-state index contributed by atoms with van der Waals surface area (Å²) >= 11 is 0. The summed E-state index contributed by atoms with van der Waals surface area (Å²) in [5, 5.41) is 7.59. The third-order valence-electron chi connectivity index (χ3n) is 3.65. The van der Waals surface area contributed by atoms with E-state index >= 15 is 0 Å². The van der Waals surface area contributed by atoms with E-state index in [1.165, 1.54) is 31.5 Å². The van der Waals surface area contributed by atoms with Gasteiger partial charge in [0.15, 0.2) is 0 Å². The second-order valence-corrected chi connectivity index (χ2v) is 4.87. The van der Waals surface area contributed by atoms with Crippen molar-refractivity contribution < 1.29 is 0 Å². The topological polar surface area (TPSA) is 53.1 Å². The van der Waals surface area contributed by atoms with Crippen LogP contribution in [0.1, 0.15) is 30.9 Å². The van der Waals surface area contributed by atoms with E-state index in [0.717, 1.165) is 18.0 Å². The number of rotatable bonds is 4. The first kappa shape index (κ1) is 12.1. The molecule has 1 aromatic carbocycles. The molecule has 0 radical (unpaired) electrons. The Kier molecular flexibility index (Phi) is 3.79.